The summed E-state index contributed by atoms with van der Waals surface area (Å²) in [5.41, 5.74) is 4.37. The van der Waals surface area contributed by atoms with E-state index in [1.165, 1.54) is 61.7 Å². The fourth-order valence-corrected chi connectivity index (χ4v) is 8.55. The molecule has 0 aliphatic heterocycles. The lowest BCUT2D eigenvalue weighted by Gasteiger charge is -2.49. The molecule has 0 saturated carbocycles. The van der Waals surface area contributed by atoms with Gasteiger partial charge in [-0.15, -0.1) is 23.2 Å². The van der Waals surface area contributed by atoms with Gasteiger partial charge >= 0.3 is 0 Å². The van der Waals surface area contributed by atoms with Gasteiger partial charge in [0, 0.05) is 0 Å². The minimum Gasteiger partial charge on any atom is -0.114 e. The Hall–Kier alpha value is -0.980. The lowest BCUT2D eigenvalue weighted by molar-refractivity contribution is 0.243. The van der Waals surface area contributed by atoms with Gasteiger partial charge in [0.2, 0.25) is 0 Å². The van der Waals surface area contributed by atoms with Gasteiger partial charge in [-0.05, 0) is 125 Å². The van der Waals surface area contributed by atoms with Crippen molar-refractivity contribution in [1.82, 2.24) is 0 Å². The van der Waals surface area contributed by atoms with E-state index < -0.39 is 0 Å². The third-order valence-electron chi connectivity index (χ3n) is 9.33. The van der Waals surface area contributed by atoms with E-state index in [2.05, 4.69) is 54.7 Å². The second-order valence-electron chi connectivity index (χ2n) is 11.3. The normalized spacial score (nSPS) is 33.4. The average molecular weight is 498 g/mol. The third-order valence-corrected chi connectivity index (χ3v) is 11.0. The van der Waals surface area contributed by atoms with E-state index >= 15 is 0 Å². The zero-order chi connectivity index (χ0) is 23.4. The fourth-order valence-electron chi connectivity index (χ4n) is 7.51. The lowest BCUT2D eigenvalue weighted by atomic mass is 9.62. The van der Waals surface area contributed by atoms with Crippen LogP contribution in [0.25, 0.3) is 0 Å². The van der Waals surface area contributed by atoms with Crippen LogP contribution in [-0.4, -0.2) is 9.75 Å². The van der Waals surface area contributed by atoms with Crippen LogP contribution in [0.15, 0.2) is 71.4 Å². The molecule has 5 aliphatic rings. The van der Waals surface area contributed by atoms with Crippen LogP contribution in [-0.2, 0) is 0 Å². The van der Waals surface area contributed by atoms with Gasteiger partial charge in [0.25, 0.3) is 0 Å². The molecular weight excluding hydrogens is 455 g/mol. The molecule has 4 atom stereocenters. The molecule has 4 unspecified atom stereocenters. The number of hydrogen-bond acceptors (Lipinski definition) is 0. The van der Waals surface area contributed by atoms with Crippen LogP contribution in [0, 0.1) is 17.8 Å². The summed E-state index contributed by atoms with van der Waals surface area (Å²) in [6.45, 7) is 0. The molecule has 0 heterocycles. The summed E-state index contributed by atoms with van der Waals surface area (Å²) in [4.78, 5) is -0.600. The molecule has 5 rings (SSSR count). The first-order chi connectivity index (χ1) is 16.6. The van der Waals surface area contributed by atoms with Crippen molar-refractivity contribution in [1.29, 1.82) is 0 Å². The molecule has 5 aliphatic carbocycles. The molecule has 184 valence electrons. The highest BCUT2D eigenvalue weighted by molar-refractivity contribution is 6.29. The highest BCUT2D eigenvalue weighted by Gasteiger charge is 2.50. The molecule has 0 saturated heterocycles. The molecular formula is C32H42Cl2. The molecule has 0 aromatic heterocycles. The number of hydrogen-bond donors (Lipinski definition) is 0. The minimum absolute atomic E-state index is 0.232. The lowest BCUT2D eigenvalue weighted by Crippen LogP contribution is -2.46. The van der Waals surface area contributed by atoms with Crippen molar-refractivity contribution >= 4 is 23.2 Å². The van der Waals surface area contributed by atoms with Gasteiger partial charge in [-0.2, -0.15) is 0 Å². The van der Waals surface area contributed by atoms with Gasteiger partial charge in [-0.1, -0.05) is 60.3 Å². The van der Waals surface area contributed by atoms with Crippen molar-refractivity contribution < 1.29 is 0 Å². The van der Waals surface area contributed by atoms with E-state index in [9.17, 15) is 0 Å². The van der Waals surface area contributed by atoms with Crippen molar-refractivity contribution in [2.24, 2.45) is 17.8 Å². The van der Waals surface area contributed by atoms with E-state index in [4.69, 9.17) is 23.2 Å². The van der Waals surface area contributed by atoms with E-state index in [0.717, 1.165) is 51.4 Å². The number of halogens is 2. The Morgan fingerprint density at radius 2 is 1.32 bits per heavy atom. The second kappa shape index (κ2) is 11.0. The predicted octanol–water partition coefficient (Wildman–Crippen LogP) is 10.2. The summed E-state index contributed by atoms with van der Waals surface area (Å²) in [7, 11) is 0. The summed E-state index contributed by atoms with van der Waals surface area (Å²) in [5.74, 6) is 1.49. The van der Waals surface area contributed by atoms with Gasteiger partial charge in [0.1, 0.15) is 0 Å². The van der Waals surface area contributed by atoms with E-state index in [1.54, 1.807) is 0 Å². The largest absolute Gasteiger partial charge is 0.114 e. The Labute approximate surface area is 217 Å². The molecule has 0 aromatic carbocycles. The van der Waals surface area contributed by atoms with Crippen LogP contribution < -0.4 is 0 Å². The standard InChI is InChI=1S/C32H42Cl2/c33-31(25-14-5-1-6-15-25,26-16-7-2-8-17-26)29-22-13-23-30(24-29)32(34,27-18-9-3-10-19-27)28-20-11-4-12-21-28/h1-2,5,7,9,18-20,22,25-26,30H,3-4,6,8,10-17,21,23-24H2. The fraction of sp³-hybridized carbons (Fsp3) is 0.625. The summed E-state index contributed by atoms with van der Waals surface area (Å²) in [5, 5.41) is 0. The first kappa shape index (κ1) is 24.7. The maximum Gasteiger partial charge on any atom is 0.0932 e. The van der Waals surface area contributed by atoms with Crippen molar-refractivity contribution in [3.05, 3.63) is 71.4 Å². The average Bonchev–Trinajstić information content (AvgIpc) is 2.94. The molecule has 0 nitrogen and oxygen atoms in total. The first-order valence-electron chi connectivity index (χ1n) is 14.1. The molecule has 0 aromatic rings. The van der Waals surface area contributed by atoms with Crippen LogP contribution in [0.1, 0.15) is 96.3 Å². The Bertz CT molecular complexity index is 889. The second-order valence-corrected chi connectivity index (χ2v) is 12.5. The monoisotopic (exact) mass is 496 g/mol. The van der Waals surface area contributed by atoms with Crippen molar-refractivity contribution in [2.45, 2.75) is 106 Å². The predicted molar refractivity (Wildman–Crippen MR) is 149 cm³/mol. The third kappa shape index (κ3) is 4.71. The summed E-state index contributed by atoms with van der Waals surface area (Å²) in [6.07, 6.45) is 39.1. The van der Waals surface area contributed by atoms with E-state index in [0.29, 0.717) is 17.8 Å². The Morgan fingerprint density at radius 3 is 1.91 bits per heavy atom. The van der Waals surface area contributed by atoms with E-state index in [1.807, 2.05) is 0 Å². The highest BCUT2D eigenvalue weighted by atomic mass is 35.5. The van der Waals surface area contributed by atoms with Crippen molar-refractivity contribution in [3.63, 3.8) is 0 Å². The quantitative estimate of drug-likeness (QED) is 0.253. The molecule has 34 heavy (non-hydrogen) atoms. The summed E-state index contributed by atoms with van der Waals surface area (Å²) < 4.78 is 0. The van der Waals surface area contributed by atoms with Gasteiger partial charge in [-0.25, -0.2) is 0 Å². The molecule has 0 N–H and O–H groups in total. The van der Waals surface area contributed by atoms with Crippen LogP contribution in [0.2, 0.25) is 0 Å². The first-order valence-corrected chi connectivity index (χ1v) is 14.8. The highest BCUT2D eigenvalue weighted by Crippen LogP contribution is 2.56. The zero-order valence-electron chi connectivity index (χ0n) is 20.8. The molecule has 0 spiro atoms. The smallest absolute Gasteiger partial charge is 0.0932 e. The summed E-state index contributed by atoms with van der Waals surface area (Å²) in [6, 6.07) is 0. The Balaban J connectivity index is 1.49. The zero-order valence-corrected chi connectivity index (χ0v) is 22.3. The van der Waals surface area contributed by atoms with Crippen LogP contribution in [0.3, 0.4) is 0 Å². The number of allylic oxidation sites excluding steroid dienone is 12. The van der Waals surface area contributed by atoms with Gasteiger partial charge < -0.3 is 0 Å². The number of rotatable bonds is 6. The van der Waals surface area contributed by atoms with Crippen molar-refractivity contribution in [2.75, 3.05) is 0 Å². The van der Waals surface area contributed by atoms with Crippen LogP contribution >= 0.6 is 23.2 Å². The molecule has 0 bridgehead atoms. The van der Waals surface area contributed by atoms with E-state index in [-0.39, 0.29) is 9.75 Å². The maximum atomic E-state index is 7.94. The minimum atomic E-state index is -0.367. The SMILES string of the molecule is ClC(C1=CCCC=C1)(C1=CCCCC1)C1CCC=C(C(Cl)(C2CC=CCC2)C2CC=CCC2)C1. The topological polar surface area (TPSA) is 0 Å². The van der Waals surface area contributed by atoms with Gasteiger partial charge in [0.05, 0.1) is 9.75 Å². The van der Waals surface area contributed by atoms with Crippen LogP contribution in [0.4, 0.5) is 0 Å². The maximum absolute atomic E-state index is 7.94. The Kier molecular flexibility index (Phi) is 7.96. The van der Waals surface area contributed by atoms with Gasteiger partial charge in [-0.3, -0.25) is 0 Å². The number of alkyl halides is 2. The summed E-state index contributed by atoms with van der Waals surface area (Å²) >= 11 is 15.8. The van der Waals surface area contributed by atoms with Gasteiger partial charge in [0.15, 0.2) is 0 Å². The molecule has 0 amide bonds. The Morgan fingerprint density at radius 1 is 0.618 bits per heavy atom. The molecule has 0 fully saturated rings. The van der Waals surface area contributed by atoms with Crippen LogP contribution in [0.5, 0.6) is 0 Å². The van der Waals surface area contributed by atoms with Crippen molar-refractivity contribution in [3.8, 4) is 0 Å². The molecule has 2 heteroatoms. The molecule has 0 radical (unpaired) electrons.